The quantitative estimate of drug-likeness (QED) is 0.386. The first-order chi connectivity index (χ1) is 14.1. The van der Waals surface area contributed by atoms with Gasteiger partial charge in [0.2, 0.25) is 5.28 Å². The minimum absolute atomic E-state index is 0.0535. The first kappa shape index (κ1) is 21.4. The average molecular weight is 481 g/mol. The molecule has 14 heteroatoms. The second-order valence-electron chi connectivity index (χ2n) is 6.48. The molecule has 1 fully saturated rings. The monoisotopic (exact) mass is 480 g/mol. The Morgan fingerprint density at radius 2 is 2.00 bits per heavy atom. The summed E-state index contributed by atoms with van der Waals surface area (Å²) in [5.41, 5.74) is -0.191. The number of imidazole rings is 1. The van der Waals surface area contributed by atoms with E-state index in [1.807, 2.05) is 0 Å². The predicted molar refractivity (Wildman–Crippen MR) is 105 cm³/mol. The highest BCUT2D eigenvalue weighted by Crippen LogP contribution is 2.38. The van der Waals surface area contributed by atoms with Crippen molar-refractivity contribution in [3.63, 3.8) is 0 Å². The Bertz CT molecular complexity index is 1100. The molecule has 0 radical (unpaired) electrons. The second-order valence-corrected chi connectivity index (χ2v) is 8.33. The van der Waals surface area contributed by atoms with Crippen LogP contribution in [0.2, 0.25) is 10.4 Å². The third-order valence-corrected chi connectivity index (χ3v) is 6.31. The molecule has 0 unspecified atom stereocenters. The minimum Gasteiger partial charge on any atom is -0.389 e. The van der Waals surface area contributed by atoms with Gasteiger partial charge < -0.3 is 15.5 Å². The van der Waals surface area contributed by atoms with Crippen molar-refractivity contribution >= 4 is 51.9 Å². The SMILES string of the molecule is O[C@@H]1[C@H](O)CS[C@H]1n1cnc2c(NCc3cnc(Cl)c(C(F)(F)F)c3)nc(Cl)nc21. The van der Waals surface area contributed by atoms with E-state index in [2.05, 4.69) is 25.3 Å². The van der Waals surface area contributed by atoms with Crippen LogP contribution in [-0.4, -0.2) is 52.7 Å². The molecule has 4 heterocycles. The second kappa shape index (κ2) is 8.00. The molecule has 1 aliphatic heterocycles. The van der Waals surface area contributed by atoms with Gasteiger partial charge in [-0.3, -0.25) is 4.57 Å². The van der Waals surface area contributed by atoms with Crippen molar-refractivity contribution in [3.8, 4) is 0 Å². The summed E-state index contributed by atoms with van der Waals surface area (Å²) in [5, 5.41) is 21.6. The van der Waals surface area contributed by atoms with E-state index >= 15 is 0 Å². The van der Waals surface area contributed by atoms with Crippen molar-refractivity contribution in [2.75, 3.05) is 11.1 Å². The molecule has 8 nitrogen and oxygen atoms in total. The summed E-state index contributed by atoms with van der Waals surface area (Å²) < 4.78 is 40.7. The van der Waals surface area contributed by atoms with Gasteiger partial charge in [-0.25, -0.2) is 9.97 Å². The van der Waals surface area contributed by atoms with Gasteiger partial charge in [0.15, 0.2) is 17.0 Å². The van der Waals surface area contributed by atoms with Gasteiger partial charge in [0.05, 0.1) is 18.0 Å². The fourth-order valence-corrected chi connectivity index (χ4v) is 4.66. The van der Waals surface area contributed by atoms with Crippen LogP contribution in [0.15, 0.2) is 18.6 Å². The lowest BCUT2D eigenvalue weighted by molar-refractivity contribution is -0.137. The smallest absolute Gasteiger partial charge is 0.389 e. The van der Waals surface area contributed by atoms with Crippen LogP contribution in [0.4, 0.5) is 19.0 Å². The van der Waals surface area contributed by atoms with Crippen molar-refractivity contribution in [2.24, 2.45) is 0 Å². The van der Waals surface area contributed by atoms with Crippen molar-refractivity contribution in [1.29, 1.82) is 0 Å². The molecule has 3 N–H and O–H groups in total. The number of aliphatic hydroxyl groups is 2. The summed E-state index contributed by atoms with van der Waals surface area (Å²) in [6, 6.07) is 0.897. The molecule has 0 bridgehead atoms. The van der Waals surface area contributed by atoms with Crippen molar-refractivity contribution < 1.29 is 23.4 Å². The number of rotatable bonds is 4. The van der Waals surface area contributed by atoms with E-state index < -0.39 is 34.5 Å². The van der Waals surface area contributed by atoms with E-state index in [0.717, 1.165) is 6.07 Å². The molecule has 0 spiro atoms. The Kier molecular flexibility index (Phi) is 5.70. The molecule has 4 rings (SSSR count). The van der Waals surface area contributed by atoms with E-state index in [1.54, 1.807) is 4.57 Å². The molecule has 3 atom stereocenters. The summed E-state index contributed by atoms with van der Waals surface area (Å²) in [6.45, 7) is -0.0535. The number of pyridine rings is 1. The maximum Gasteiger partial charge on any atom is 0.419 e. The molecular formula is C16H13Cl2F3N6O2S. The standard InChI is InChI=1S/C16H13Cl2F3N6O2S/c17-11-7(16(19,20)21)1-6(2-22-11)3-23-12-9-13(26-15(18)25-12)27(5-24-9)14-10(29)8(28)4-30-14/h1-2,5,8,10,14,28-29H,3-4H2,(H,23,25,26)/t8-,10-,14-/m1/s1. The number of aromatic nitrogens is 5. The summed E-state index contributed by atoms with van der Waals surface area (Å²) in [5.74, 6) is 0.547. The number of anilines is 1. The number of nitrogens with one attached hydrogen (secondary N) is 1. The minimum atomic E-state index is -4.63. The zero-order chi connectivity index (χ0) is 21.6. The zero-order valence-electron chi connectivity index (χ0n) is 14.8. The van der Waals surface area contributed by atoms with E-state index in [4.69, 9.17) is 23.2 Å². The summed E-state index contributed by atoms with van der Waals surface area (Å²) in [6.07, 6.45) is -3.87. The normalized spacial score (nSPS) is 22.0. The van der Waals surface area contributed by atoms with Gasteiger partial charge in [0, 0.05) is 18.5 Å². The highest BCUT2D eigenvalue weighted by atomic mass is 35.5. The molecule has 3 aromatic rings. The number of nitrogens with zero attached hydrogens (tertiary/aromatic N) is 5. The third-order valence-electron chi connectivity index (χ3n) is 4.45. The maximum atomic E-state index is 13.0. The molecule has 0 aliphatic carbocycles. The van der Waals surface area contributed by atoms with Gasteiger partial charge in [-0.05, 0) is 23.2 Å². The maximum absolute atomic E-state index is 13.0. The third kappa shape index (κ3) is 4.02. The predicted octanol–water partition coefficient (Wildman–Crippen LogP) is 3.13. The molecule has 0 saturated carbocycles. The molecular weight excluding hydrogens is 468 g/mol. The molecule has 160 valence electrons. The van der Waals surface area contributed by atoms with Crippen LogP contribution < -0.4 is 5.32 Å². The van der Waals surface area contributed by atoms with Crippen molar-refractivity contribution in [2.45, 2.75) is 30.3 Å². The van der Waals surface area contributed by atoms with Crippen LogP contribution in [0.3, 0.4) is 0 Å². The first-order valence-corrected chi connectivity index (χ1v) is 10.3. The van der Waals surface area contributed by atoms with Crippen LogP contribution in [0.25, 0.3) is 11.2 Å². The summed E-state index contributed by atoms with van der Waals surface area (Å²) in [4.78, 5) is 16.0. The number of aliphatic hydroxyl groups excluding tert-OH is 2. The Morgan fingerprint density at radius 1 is 1.23 bits per heavy atom. The fraction of sp³-hybridized carbons (Fsp3) is 0.375. The van der Waals surface area contributed by atoms with Crippen LogP contribution in [0, 0.1) is 0 Å². The number of hydrogen-bond acceptors (Lipinski definition) is 8. The highest BCUT2D eigenvalue weighted by Gasteiger charge is 2.37. The number of thioether (sulfide) groups is 1. The summed E-state index contributed by atoms with van der Waals surface area (Å²) >= 11 is 12.9. The summed E-state index contributed by atoms with van der Waals surface area (Å²) in [7, 11) is 0. The van der Waals surface area contributed by atoms with Gasteiger partial charge >= 0.3 is 6.18 Å². The van der Waals surface area contributed by atoms with Gasteiger partial charge in [0.1, 0.15) is 16.6 Å². The van der Waals surface area contributed by atoms with E-state index in [1.165, 1.54) is 24.3 Å². The topological polar surface area (TPSA) is 109 Å². The van der Waals surface area contributed by atoms with E-state index in [9.17, 15) is 23.4 Å². The van der Waals surface area contributed by atoms with Gasteiger partial charge in [-0.1, -0.05) is 11.6 Å². The van der Waals surface area contributed by atoms with Gasteiger partial charge in [0.25, 0.3) is 0 Å². The van der Waals surface area contributed by atoms with Crippen molar-refractivity contribution in [1.82, 2.24) is 24.5 Å². The number of alkyl halides is 3. The number of halogens is 5. The Hall–Kier alpha value is -1.86. The average Bonchev–Trinajstić information content (AvgIpc) is 3.23. The van der Waals surface area contributed by atoms with Crippen LogP contribution in [0.1, 0.15) is 16.5 Å². The van der Waals surface area contributed by atoms with Crippen molar-refractivity contribution in [3.05, 3.63) is 40.2 Å². The van der Waals surface area contributed by atoms with Gasteiger partial charge in [-0.15, -0.1) is 11.8 Å². The van der Waals surface area contributed by atoms with E-state index in [-0.39, 0.29) is 23.2 Å². The fourth-order valence-electron chi connectivity index (χ4n) is 3.00. The van der Waals surface area contributed by atoms with Crippen LogP contribution >= 0.6 is 35.0 Å². The molecule has 30 heavy (non-hydrogen) atoms. The molecule has 1 aliphatic rings. The van der Waals surface area contributed by atoms with E-state index in [0.29, 0.717) is 16.9 Å². The molecule has 3 aromatic heterocycles. The van der Waals surface area contributed by atoms with Gasteiger partial charge in [-0.2, -0.15) is 23.1 Å². The number of fused-ring (bicyclic) bond motifs is 1. The molecule has 0 amide bonds. The lowest BCUT2D eigenvalue weighted by atomic mass is 10.2. The highest BCUT2D eigenvalue weighted by molar-refractivity contribution is 7.99. The largest absolute Gasteiger partial charge is 0.419 e. The zero-order valence-corrected chi connectivity index (χ0v) is 17.1. The van der Waals surface area contributed by atoms with Crippen LogP contribution in [-0.2, 0) is 12.7 Å². The Balaban J connectivity index is 1.63. The van der Waals surface area contributed by atoms with Crippen LogP contribution in [0.5, 0.6) is 0 Å². The molecule has 0 aromatic carbocycles. The lowest BCUT2D eigenvalue weighted by Gasteiger charge is -2.17. The number of hydrogen-bond donors (Lipinski definition) is 3. The Labute approximate surface area is 181 Å². The first-order valence-electron chi connectivity index (χ1n) is 8.48. The Morgan fingerprint density at radius 3 is 2.67 bits per heavy atom. The molecule has 1 saturated heterocycles. The lowest BCUT2D eigenvalue weighted by Crippen LogP contribution is -2.27.